The van der Waals surface area contributed by atoms with Gasteiger partial charge in [0, 0.05) is 5.69 Å². The monoisotopic (exact) mass is 645 g/mol. The minimum Gasteiger partial charge on any atom is -0.490 e. The molecule has 238 valence electrons. The lowest BCUT2D eigenvalue weighted by atomic mass is 9.95. The Morgan fingerprint density at radius 2 is 1.53 bits per heavy atom. The van der Waals surface area contributed by atoms with Crippen LogP contribution >= 0.6 is 11.3 Å². The van der Waals surface area contributed by atoms with Gasteiger partial charge < -0.3 is 19.5 Å². The first-order valence-electron chi connectivity index (χ1n) is 15.4. The molecule has 0 fully saturated rings. The van der Waals surface area contributed by atoms with E-state index in [4.69, 9.17) is 19.2 Å². The average Bonchev–Trinajstić information content (AvgIpc) is 3.38. The third-order valence-corrected chi connectivity index (χ3v) is 8.65. The van der Waals surface area contributed by atoms with E-state index in [9.17, 15) is 9.59 Å². The molecule has 5 aromatic rings. The van der Waals surface area contributed by atoms with Gasteiger partial charge in [-0.1, -0.05) is 84.1 Å². The minimum atomic E-state index is -0.644. The standard InChI is InChI=1S/C38H35N3O5S/c1-4-44-32-23-27(19-20-31(32)46-22-21-45-30-18-12-11-13-25(30)2)24-33-37(43)41-35(28-14-7-5-8-15-28)34(26(3)39-38(41)47-33)36(42)40-29-16-9-6-10-17-29/h5-20,23-24,35H,4,21-22H2,1-3H3,(H,40,42)/b33-24-. The van der Waals surface area contributed by atoms with E-state index in [0.29, 0.717) is 57.6 Å². The highest BCUT2D eigenvalue weighted by Gasteiger charge is 2.32. The molecule has 2 heterocycles. The van der Waals surface area contributed by atoms with E-state index in [2.05, 4.69) is 5.32 Å². The second kappa shape index (κ2) is 14.3. The molecule has 0 saturated carbocycles. The maximum Gasteiger partial charge on any atom is 0.271 e. The lowest BCUT2D eigenvalue weighted by Gasteiger charge is -2.25. The molecule has 6 rings (SSSR count). The van der Waals surface area contributed by atoms with Gasteiger partial charge in [0.05, 0.1) is 28.5 Å². The van der Waals surface area contributed by atoms with Crippen LogP contribution in [0.15, 0.2) is 124 Å². The summed E-state index contributed by atoms with van der Waals surface area (Å²) in [5.41, 5.74) is 4.08. The number of hydrogen-bond donors (Lipinski definition) is 1. The van der Waals surface area contributed by atoms with Gasteiger partial charge in [0.25, 0.3) is 11.5 Å². The molecule has 4 aromatic carbocycles. The van der Waals surface area contributed by atoms with Gasteiger partial charge in [0.1, 0.15) is 19.0 Å². The second-order valence-corrected chi connectivity index (χ2v) is 11.9. The molecule has 0 saturated heterocycles. The summed E-state index contributed by atoms with van der Waals surface area (Å²) >= 11 is 1.29. The fourth-order valence-electron chi connectivity index (χ4n) is 5.46. The van der Waals surface area contributed by atoms with Crippen LogP contribution in [0, 0.1) is 6.92 Å². The molecular weight excluding hydrogens is 611 g/mol. The summed E-state index contributed by atoms with van der Waals surface area (Å²) in [5.74, 6) is 1.68. The molecule has 1 aliphatic heterocycles. The van der Waals surface area contributed by atoms with Crippen molar-refractivity contribution < 1.29 is 19.0 Å². The van der Waals surface area contributed by atoms with Crippen LogP contribution in [-0.2, 0) is 4.79 Å². The Labute approximate surface area is 276 Å². The van der Waals surface area contributed by atoms with Gasteiger partial charge in [-0.3, -0.25) is 14.2 Å². The maximum absolute atomic E-state index is 14.1. The molecular formula is C38H35N3O5S. The average molecular weight is 646 g/mol. The van der Waals surface area contributed by atoms with E-state index < -0.39 is 6.04 Å². The SMILES string of the molecule is CCOc1cc(/C=c2\sc3n(c2=O)C(c2ccccc2)C(C(=O)Nc2ccccc2)=C(C)N=3)ccc1OCCOc1ccccc1C. The number of fused-ring (bicyclic) bond motifs is 1. The molecule has 1 N–H and O–H groups in total. The van der Waals surface area contributed by atoms with Gasteiger partial charge >= 0.3 is 0 Å². The van der Waals surface area contributed by atoms with E-state index >= 15 is 0 Å². The molecule has 1 aromatic heterocycles. The van der Waals surface area contributed by atoms with E-state index in [1.165, 1.54) is 11.3 Å². The van der Waals surface area contributed by atoms with Crippen molar-refractivity contribution >= 4 is 29.0 Å². The minimum absolute atomic E-state index is 0.230. The number of carbonyl (C=O) groups is 1. The first kappa shape index (κ1) is 31.6. The van der Waals surface area contributed by atoms with E-state index in [1.807, 2.05) is 130 Å². The number of amides is 1. The van der Waals surface area contributed by atoms with Gasteiger partial charge in [-0.15, -0.1) is 0 Å². The number of ether oxygens (including phenoxy) is 3. The smallest absolute Gasteiger partial charge is 0.271 e. The summed E-state index contributed by atoms with van der Waals surface area (Å²) in [6, 6.07) is 31.6. The number of aryl methyl sites for hydroxylation is 1. The molecule has 1 atom stereocenters. The Hall–Kier alpha value is -5.41. The molecule has 0 radical (unpaired) electrons. The van der Waals surface area contributed by atoms with Crippen molar-refractivity contribution in [2.45, 2.75) is 26.8 Å². The van der Waals surface area contributed by atoms with Gasteiger partial charge in [-0.05, 0) is 73.9 Å². The van der Waals surface area contributed by atoms with E-state index in [0.717, 1.165) is 22.4 Å². The predicted octanol–water partition coefficient (Wildman–Crippen LogP) is 6.04. The first-order valence-corrected chi connectivity index (χ1v) is 16.3. The Bertz CT molecular complexity index is 2100. The number of aromatic nitrogens is 1. The van der Waals surface area contributed by atoms with Crippen LogP contribution in [0.1, 0.15) is 36.6 Å². The van der Waals surface area contributed by atoms with Crippen LogP contribution in [0.3, 0.4) is 0 Å². The Morgan fingerprint density at radius 1 is 0.851 bits per heavy atom. The number of hydrogen-bond acceptors (Lipinski definition) is 7. The quantitative estimate of drug-likeness (QED) is 0.177. The largest absolute Gasteiger partial charge is 0.490 e. The Balaban J connectivity index is 1.30. The number of allylic oxidation sites excluding steroid dienone is 1. The lowest BCUT2D eigenvalue weighted by molar-refractivity contribution is -0.113. The molecule has 0 spiro atoms. The third-order valence-electron chi connectivity index (χ3n) is 7.67. The van der Waals surface area contributed by atoms with Crippen molar-refractivity contribution in [1.82, 2.24) is 4.57 Å². The summed E-state index contributed by atoms with van der Waals surface area (Å²) in [6.45, 7) is 6.90. The topological polar surface area (TPSA) is 91.2 Å². The number of nitrogens with zero attached hydrogens (tertiary/aromatic N) is 2. The van der Waals surface area contributed by atoms with E-state index in [1.54, 1.807) is 4.57 Å². The summed E-state index contributed by atoms with van der Waals surface area (Å²) in [7, 11) is 0. The highest BCUT2D eigenvalue weighted by atomic mass is 32.1. The summed E-state index contributed by atoms with van der Waals surface area (Å²) < 4.78 is 19.9. The third kappa shape index (κ3) is 7.05. The fourth-order valence-corrected chi connectivity index (χ4v) is 6.50. The second-order valence-electron chi connectivity index (χ2n) is 10.9. The lowest BCUT2D eigenvalue weighted by Crippen LogP contribution is -2.40. The van der Waals surface area contributed by atoms with Crippen molar-refractivity contribution in [3.8, 4) is 17.2 Å². The molecule has 47 heavy (non-hydrogen) atoms. The molecule has 0 bridgehead atoms. The van der Waals surface area contributed by atoms with Crippen molar-refractivity contribution in [2.24, 2.45) is 4.99 Å². The summed E-state index contributed by atoms with van der Waals surface area (Å²) in [6.07, 6.45) is 1.82. The maximum atomic E-state index is 14.1. The zero-order chi connectivity index (χ0) is 32.8. The number of carbonyl (C=O) groups excluding carboxylic acids is 1. The van der Waals surface area contributed by atoms with E-state index in [-0.39, 0.29) is 11.5 Å². The zero-order valence-electron chi connectivity index (χ0n) is 26.4. The predicted molar refractivity (Wildman–Crippen MR) is 185 cm³/mol. The highest BCUT2D eigenvalue weighted by molar-refractivity contribution is 7.07. The first-order chi connectivity index (χ1) is 22.9. The molecule has 1 aliphatic rings. The van der Waals surface area contributed by atoms with Crippen LogP contribution in [-0.4, -0.2) is 30.3 Å². The van der Waals surface area contributed by atoms with Gasteiger partial charge in [-0.25, -0.2) is 4.99 Å². The number of benzene rings is 4. The Kier molecular flexibility index (Phi) is 9.64. The number of rotatable bonds is 11. The summed E-state index contributed by atoms with van der Waals surface area (Å²) in [5, 5.41) is 2.98. The number of para-hydroxylation sites is 2. The number of thiazole rings is 1. The van der Waals surface area contributed by atoms with Gasteiger partial charge in [-0.2, -0.15) is 0 Å². The van der Waals surface area contributed by atoms with Crippen LogP contribution in [0.2, 0.25) is 0 Å². The van der Waals surface area contributed by atoms with Crippen LogP contribution in [0.25, 0.3) is 6.08 Å². The van der Waals surface area contributed by atoms with Crippen LogP contribution in [0.5, 0.6) is 17.2 Å². The summed E-state index contributed by atoms with van der Waals surface area (Å²) in [4.78, 5) is 33.1. The van der Waals surface area contributed by atoms with Crippen molar-refractivity contribution in [1.29, 1.82) is 0 Å². The van der Waals surface area contributed by atoms with Crippen molar-refractivity contribution in [3.63, 3.8) is 0 Å². The molecule has 8 nitrogen and oxygen atoms in total. The van der Waals surface area contributed by atoms with Crippen molar-refractivity contribution in [3.05, 3.63) is 151 Å². The van der Waals surface area contributed by atoms with Gasteiger partial charge in [0.15, 0.2) is 16.3 Å². The number of anilines is 1. The zero-order valence-corrected chi connectivity index (χ0v) is 27.3. The fraction of sp³-hybridized carbons (Fsp3) is 0.184. The van der Waals surface area contributed by atoms with Crippen molar-refractivity contribution in [2.75, 3.05) is 25.1 Å². The molecule has 0 aliphatic carbocycles. The van der Waals surface area contributed by atoms with Crippen LogP contribution in [0.4, 0.5) is 5.69 Å². The molecule has 1 amide bonds. The molecule has 1 unspecified atom stereocenters. The highest BCUT2D eigenvalue weighted by Crippen LogP contribution is 2.31. The molecule has 9 heteroatoms. The number of nitrogens with one attached hydrogen (secondary N) is 1. The van der Waals surface area contributed by atoms with Crippen LogP contribution < -0.4 is 34.4 Å². The Morgan fingerprint density at radius 3 is 2.26 bits per heavy atom. The van der Waals surface area contributed by atoms with Gasteiger partial charge in [0.2, 0.25) is 0 Å². The normalized spacial score (nSPS) is 14.3.